The van der Waals surface area contributed by atoms with E-state index in [4.69, 9.17) is 34.7 Å². The maximum absolute atomic E-state index is 10.6. The molecule has 1 fully saturated rings. The minimum Gasteiger partial charge on any atom is -0.475 e. The van der Waals surface area contributed by atoms with Crippen LogP contribution in [0.15, 0.2) is 30.7 Å². The maximum atomic E-state index is 10.6. The molecule has 4 heterocycles. The predicted molar refractivity (Wildman–Crippen MR) is 126 cm³/mol. The Bertz CT molecular complexity index is 1120. The van der Waals surface area contributed by atoms with Gasteiger partial charge in [-0.2, -0.15) is 39.5 Å². The molecule has 242 valence electrons. The van der Waals surface area contributed by atoms with Gasteiger partial charge in [-0.05, 0) is 43.6 Å². The van der Waals surface area contributed by atoms with E-state index in [-0.39, 0.29) is 0 Å². The number of likely N-dealkylation sites (tertiary alicyclic amines) is 1. The van der Waals surface area contributed by atoms with Gasteiger partial charge in [0.25, 0.3) is 0 Å². The monoisotopic (exact) mass is 639 g/mol. The molecule has 0 atom stereocenters. The Kier molecular flexibility index (Phi) is 13.8. The van der Waals surface area contributed by atoms with Crippen LogP contribution in [-0.4, -0.2) is 95.7 Å². The van der Waals surface area contributed by atoms with E-state index in [0.29, 0.717) is 0 Å². The van der Waals surface area contributed by atoms with Gasteiger partial charge in [0.05, 0.1) is 12.2 Å². The van der Waals surface area contributed by atoms with Gasteiger partial charge in [-0.15, -0.1) is 0 Å². The summed E-state index contributed by atoms with van der Waals surface area (Å²) >= 11 is 0. The first-order chi connectivity index (χ1) is 19.7. The molecular weight excluding hydrogens is 613 g/mol. The average Bonchev–Trinajstić information content (AvgIpc) is 3.53. The van der Waals surface area contributed by atoms with Crippen molar-refractivity contribution in [2.24, 2.45) is 0 Å². The Morgan fingerprint density at radius 2 is 1.14 bits per heavy atom. The lowest BCUT2D eigenvalue weighted by molar-refractivity contribution is -0.193. The summed E-state index contributed by atoms with van der Waals surface area (Å²) in [5.41, 5.74) is 2.56. The van der Waals surface area contributed by atoms with Crippen molar-refractivity contribution in [2.75, 3.05) is 19.6 Å². The lowest BCUT2D eigenvalue weighted by Crippen LogP contribution is -2.33. The van der Waals surface area contributed by atoms with E-state index in [1.807, 2.05) is 12.4 Å². The van der Waals surface area contributed by atoms with Crippen LogP contribution < -0.4 is 0 Å². The number of aromatic nitrogens is 3. The number of hydrogen-bond donors (Lipinski definition) is 3. The fourth-order valence-electron chi connectivity index (χ4n) is 3.49. The summed E-state index contributed by atoms with van der Waals surface area (Å²) in [6.45, 7) is 7.55. The smallest absolute Gasteiger partial charge is 0.475 e. The van der Waals surface area contributed by atoms with Crippen LogP contribution in [0.5, 0.6) is 0 Å². The predicted octanol–water partition coefficient (Wildman–Crippen LogP) is 3.79. The van der Waals surface area contributed by atoms with Gasteiger partial charge in [0.1, 0.15) is 5.82 Å². The second-order valence-corrected chi connectivity index (χ2v) is 8.80. The second kappa shape index (κ2) is 16.1. The normalized spacial score (nSPS) is 15.5. The SMILES string of the molecule is O=C(O)C(F)(F)F.O=C(O)C(F)(F)F.O=C(O)C(F)(F)F.c1cc(CN2CCn3cc(CN4CCCC4)nc3C2)ccn1. The first-order valence-corrected chi connectivity index (χ1v) is 12.0. The molecule has 43 heavy (non-hydrogen) atoms. The maximum Gasteiger partial charge on any atom is 0.490 e. The Morgan fingerprint density at radius 1 is 0.698 bits per heavy atom. The zero-order chi connectivity index (χ0) is 33.0. The van der Waals surface area contributed by atoms with Crippen molar-refractivity contribution < 1.29 is 69.2 Å². The van der Waals surface area contributed by atoms with E-state index in [9.17, 15) is 39.5 Å². The number of carboxylic acids is 3. The van der Waals surface area contributed by atoms with E-state index < -0.39 is 36.4 Å². The molecule has 0 unspecified atom stereocenters. The van der Waals surface area contributed by atoms with Crippen molar-refractivity contribution in [1.29, 1.82) is 0 Å². The molecule has 11 nitrogen and oxygen atoms in total. The van der Waals surface area contributed by atoms with Gasteiger partial charge < -0.3 is 19.9 Å². The van der Waals surface area contributed by atoms with Crippen molar-refractivity contribution in [2.45, 2.75) is 57.5 Å². The zero-order valence-corrected chi connectivity index (χ0v) is 22.0. The lowest BCUT2D eigenvalue weighted by atomic mass is 10.2. The van der Waals surface area contributed by atoms with Crippen molar-refractivity contribution in [1.82, 2.24) is 24.3 Å². The Labute approximate surface area is 237 Å². The van der Waals surface area contributed by atoms with Crippen molar-refractivity contribution in [3.05, 3.63) is 47.8 Å². The minimum absolute atomic E-state index is 0.947. The van der Waals surface area contributed by atoms with Crippen LogP contribution in [0, 0.1) is 0 Å². The van der Waals surface area contributed by atoms with Crippen LogP contribution in [0.2, 0.25) is 0 Å². The third-order valence-corrected chi connectivity index (χ3v) is 5.40. The number of nitrogens with zero attached hydrogens (tertiary/aromatic N) is 5. The first-order valence-electron chi connectivity index (χ1n) is 12.0. The second-order valence-electron chi connectivity index (χ2n) is 8.80. The quantitative estimate of drug-likeness (QED) is 0.422. The molecule has 0 saturated carbocycles. The van der Waals surface area contributed by atoms with E-state index >= 15 is 0 Å². The number of hydrogen-bond acceptors (Lipinski definition) is 7. The molecule has 0 spiro atoms. The van der Waals surface area contributed by atoms with Gasteiger partial charge in [-0.1, -0.05) is 0 Å². The molecule has 2 aromatic heterocycles. The molecular formula is C23H26F9N5O6. The van der Waals surface area contributed by atoms with Crippen LogP contribution in [0.25, 0.3) is 0 Å². The summed E-state index contributed by atoms with van der Waals surface area (Å²) in [6, 6.07) is 4.19. The molecule has 1 saturated heterocycles. The molecule has 4 rings (SSSR count). The molecule has 0 amide bonds. The Balaban J connectivity index is 0.000000363. The van der Waals surface area contributed by atoms with Crippen LogP contribution in [0.3, 0.4) is 0 Å². The number of carbonyl (C=O) groups is 3. The van der Waals surface area contributed by atoms with Crippen LogP contribution in [0.4, 0.5) is 39.5 Å². The summed E-state index contributed by atoms with van der Waals surface area (Å²) in [5, 5.41) is 21.4. The molecule has 0 radical (unpaired) electrons. The average molecular weight is 639 g/mol. The fourth-order valence-corrected chi connectivity index (χ4v) is 3.49. The Hall–Kier alpha value is -3.94. The van der Waals surface area contributed by atoms with E-state index in [0.717, 1.165) is 32.7 Å². The molecule has 0 bridgehead atoms. The van der Waals surface area contributed by atoms with E-state index in [1.54, 1.807) is 0 Å². The molecule has 2 aromatic rings. The highest BCUT2D eigenvalue weighted by Gasteiger charge is 2.39. The number of alkyl halides is 9. The van der Waals surface area contributed by atoms with Crippen molar-refractivity contribution >= 4 is 17.9 Å². The number of halogens is 9. The van der Waals surface area contributed by atoms with Crippen molar-refractivity contribution in [3.63, 3.8) is 0 Å². The highest BCUT2D eigenvalue weighted by atomic mass is 19.4. The first kappa shape index (κ1) is 37.1. The molecule has 2 aliphatic rings. The van der Waals surface area contributed by atoms with E-state index in [2.05, 4.69) is 37.7 Å². The number of fused-ring (bicyclic) bond motifs is 1. The number of pyridine rings is 1. The lowest BCUT2D eigenvalue weighted by Gasteiger charge is -2.27. The third-order valence-electron chi connectivity index (χ3n) is 5.40. The summed E-state index contributed by atoms with van der Waals surface area (Å²) < 4.78 is 97.6. The van der Waals surface area contributed by atoms with E-state index in [1.165, 1.54) is 43.0 Å². The summed E-state index contributed by atoms with van der Waals surface area (Å²) in [5.74, 6) is -7.05. The highest BCUT2D eigenvalue weighted by Crippen LogP contribution is 2.18. The molecule has 2 aliphatic heterocycles. The number of imidazole rings is 1. The van der Waals surface area contributed by atoms with Gasteiger partial charge >= 0.3 is 36.4 Å². The summed E-state index contributed by atoms with van der Waals surface area (Å²) in [4.78, 5) is 40.6. The van der Waals surface area contributed by atoms with Gasteiger partial charge in [0.15, 0.2) is 0 Å². The standard InChI is InChI=1S/C17H23N5.3C2HF3O2/c1-2-8-20(7-1)12-16-13-22-10-9-21(14-17(22)19-16)11-15-3-5-18-6-4-15;3*3-2(4,5)1(6)7/h3-6,13H,1-2,7-12,14H2;3*(H,6,7). The number of carboxylic acid groups (broad SMARTS) is 3. The van der Waals surface area contributed by atoms with Gasteiger partial charge in [-0.25, -0.2) is 19.4 Å². The number of rotatable bonds is 4. The largest absolute Gasteiger partial charge is 0.490 e. The third kappa shape index (κ3) is 14.7. The molecule has 3 N–H and O–H groups in total. The minimum atomic E-state index is -5.08. The van der Waals surface area contributed by atoms with Crippen LogP contribution >= 0.6 is 0 Å². The number of aliphatic carboxylic acids is 3. The molecule has 20 heteroatoms. The molecule has 0 aliphatic carbocycles. The van der Waals surface area contributed by atoms with Gasteiger partial charge in [0.2, 0.25) is 0 Å². The summed E-state index contributed by atoms with van der Waals surface area (Å²) in [6.07, 6.45) is -6.57. The Morgan fingerprint density at radius 3 is 1.56 bits per heavy atom. The van der Waals surface area contributed by atoms with Gasteiger partial charge in [0, 0.05) is 44.8 Å². The zero-order valence-electron chi connectivity index (χ0n) is 22.0. The topological polar surface area (TPSA) is 149 Å². The van der Waals surface area contributed by atoms with Crippen LogP contribution in [0.1, 0.15) is 29.9 Å². The van der Waals surface area contributed by atoms with Gasteiger partial charge in [-0.3, -0.25) is 14.8 Å². The fraction of sp³-hybridized carbons (Fsp3) is 0.522. The highest BCUT2D eigenvalue weighted by molar-refractivity contribution is 5.73. The molecule has 0 aromatic carbocycles. The summed E-state index contributed by atoms with van der Waals surface area (Å²) in [7, 11) is 0. The van der Waals surface area contributed by atoms with Crippen LogP contribution in [-0.2, 0) is 40.6 Å². The van der Waals surface area contributed by atoms with Crippen molar-refractivity contribution in [3.8, 4) is 0 Å².